The number of rotatable bonds is 4. The molecule has 0 fully saturated rings. The highest BCUT2D eigenvalue weighted by Gasteiger charge is 2.19. The summed E-state index contributed by atoms with van der Waals surface area (Å²) in [5, 5.41) is 31.5. The smallest absolute Gasteiger partial charge is 0.0998 e. The van der Waals surface area contributed by atoms with Crippen LogP contribution in [-0.2, 0) is 0 Å². The molecule has 43 heavy (non-hydrogen) atoms. The molecule has 0 aliphatic heterocycles. The maximum Gasteiger partial charge on any atom is 0.0998 e. The van der Waals surface area contributed by atoms with Crippen LogP contribution >= 0.6 is 0 Å². The molecule has 7 rings (SSSR count). The normalized spacial score (nSPS) is 10.7. The van der Waals surface area contributed by atoms with E-state index in [1.54, 1.807) is 18.5 Å². The maximum atomic E-state index is 10.3. The first-order chi connectivity index (χ1) is 21.2. The van der Waals surface area contributed by atoms with E-state index in [1.165, 1.54) is 0 Å². The van der Waals surface area contributed by atoms with Crippen LogP contribution in [0.3, 0.4) is 0 Å². The van der Waals surface area contributed by atoms with Crippen molar-refractivity contribution in [1.82, 2.24) is 9.55 Å². The SMILES string of the molecule is N#Cc1cc(C#N)cc(-c2ccc3c(c2)c2ccccc2n3-c2cc(C#N)c(-c3ccncc3)cc2-c2ccccc2)c1. The molecular weight excluding hydrogens is 526 g/mol. The molecule has 0 spiro atoms. The average molecular weight is 548 g/mol. The van der Waals surface area contributed by atoms with Crippen LogP contribution in [0, 0.1) is 34.0 Å². The van der Waals surface area contributed by atoms with E-state index in [4.69, 9.17) is 0 Å². The third kappa shape index (κ3) is 4.37. The Morgan fingerprint density at radius 1 is 0.488 bits per heavy atom. The van der Waals surface area contributed by atoms with E-state index in [-0.39, 0.29) is 0 Å². The molecule has 0 saturated heterocycles. The quantitative estimate of drug-likeness (QED) is 0.220. The minimum Gasteiger partial charge on any atom is -0.309 e. The molecule has 0 bridgehead atoms. The van der Waals surface area contributed by atoms with Crippen LogP contribution in [0.2, 0.25) is 0 Å². The van der Waals surface area contributed by atoms with Gasteiger partial charge in [0.1, 0.15) is 0 Å². The summed E-state index contributed by atoms with van der Waals surface area (Å²) in [5.74, 6) is 0. The summed E-state index contributed by atoms with van der Waals surface area (Å²) in [7, 11) is 0. The largest absolute Gasteiger partial charge is 0.309 e. The summed E-state index contributed by atoms with van der Waals surface area (Å²) in [6.07, 6.45) is 3.48. The van der Waals surface area contributed by atoms with Gasteiger partial charge in [0.05, 0.1) is 51.6 Å². The first kappa shape index (κ1) is 25.5. The van der Waals surface area contributed by atoms with Crippen molar-refractivity contribution in [2.45, 2.75) is 0 Å². The Balaban J connectivity index is 1.54. The van der Waals surface area contributed by atoms with E-state index in [1.807, 2.05) is 66.7 Å². The Morgan fingerprint density at radius 3 is 1.88 bits per heavy atom. The fraction of sp³-hybridized carbons (Fsp3) is 0. The molecule has 7 aromatic rings. The zero-order valence-corrected chi connectivity index (χ0v) is 22.9. The predicted molar refractivity (Wildman–Crippen MR) is 169 cm³/mol. The zero-order valence-electron chi connectivity index (χ0n) is 22.9. The highest BCUT2D eigenvalue weighted by Crippen LogP contribution is 2.40. The van der Waals surface area contributed by atoms with Crippen LogP contribution in [-0.4, -0.2) is 9.55 Å². The molecule has 0 aliphatic carbocycles. The van der Waals surface area contributed by atoms with Crippen LogP contribution in [0.1, 0.15) is 16.7 Å². The highest BCUT2D eigenvalue weighted by molar-refractivity contribution is 6.11. The van der Waals surface area contributed by atoms with Gasteiger partial charge in [-0.15, -0.1) is 0 Å². The summed E-state index contributed by atoms with van der Waals surface area (Å²) in [4.78, 5) is 4.16. The molecule has 0 amide bonds. The first-order valence-electron chi connectivity index (χ1n) is 13.7. The molecule has 0 aliphatic rings. The van der Waals surface area contributed by atoms with Crippen LogP contribution in [0.4, 0.5) is 0 Å². The van der Waals surface area contributed by atoms with Gasteiger partial charge in [0.25, 0.3) is 0 Å². The van der Waals surface area contributed by atoms with Gasteiger partial charge in [0.15, 0.2) is 0 Å². The Kier molecular flexibility index (Phi) is 6.22. The molecule has 0 N–H and O–H groups in total. The van der Waals surface area contributed by atoms with Crippen molar-refractivity contribution >= 4 is 21.8 Å². The van der Waals surface area contributed by atoms with Gasteiger partial charge >= 0.3 is 0 Å². The van der Waals surface area contributed by atoms with Gasteiger partial charge in [0.2, 0.25) is 0 Å². The van der Waals surface area contributed by atoms with Crippen molar-refractivity contribution in [3.63, 3.8) is 0 Å². The van der Waals surface area contributed by atoms with Crippen molar-refractivity contribution in [2.24, 2.45) is 0 Å². The number of benzene rings is 5. The van der Waals surface area contributed by atoms with E-state index >= 15 is 0 Å². The Hall–Kier alpha value is -6.48. The van der Waals surface area contributed by atoms with Gasteiger partial charge in [-0.3, -0.25) is 4.98 Å². The van der Waals surface area contributed by atoms with E-state index in [9.17, 15) is 15.8 Å². The number of nitrogens with zero attached hydrogens (tertiary/aromatic N) is 5. The molecule has 0 unspecified atom stereocenters. The van der Waals surface area contributed by atoms with Crippen molar-refractivity contribution in [1.29, 1.82) is 15.8 Å². The molecular formula is C38H21N5. The molecule has 5 nitrogen and oxygen atoms in total. The van der Waals surface area contributed by atoms with Crippen LogP contribution < -0.4 is 0 Å². The van der Waals surface area contributed by atoms with Crippen molar-refractivity contribution in [3.05, 3.63) is 144 Å². The zero-order chi connectivity index (χ0) is 29.3. The Labute approximate surface area is 248 Å². The van der Waals surface area contributed by atoms with Crippen molar-refractivity contribution < 1.29 is 0 Å². The van der Waals surface area contributed by atoms with Crippen LogP contribution in [0.5, 0.6) is 0 Å². The van der Waals surface area contributed by atoms with Crippen molar-refractivity contribution in [2.75, 3.05) is 0 Å². The lowest BCUT2D eigenvalue weighted by Crippen LogP contribution is -2.00. The van der Waals surface area contributed by atoms with Gasteiger partial charge in [-0.25, -0.2) is 0 Å². The predicted octanol–water partition coefficient (Wildman–Crippen LogP) is 8.79. The first-order valence-corrected chi connectivity index (χ1v) is 13.7. The molecule has 5 aromatic carbocycles. The average Bonchev–Trinajstić information content (AvgIpc) is 3.41. The Bertz CT molecular complexity index is 2280. The van der Waals surface area contributed by atoms with Crippen molar-refractivity contribution in [3.8, 4) is 57.3 Å². The maximum absolute atomic E-state index is 10.3. The number of aromatic nitrogens is 2. The van der Waals surface area contributed by atoms with E-state index < -0.39 is 0 Å². The van der Waals surface area contributed by atoms with Crippen LogP contribution in [0.25, 0.3) is 60.9 Å². The number of para-hydroxylation sites is 1. The second-order valence-corrected chi connectivity index (χ2v) is 10.2. The molecule has 198 valence electrons. The standard InChI is InChI=1S/C38H21N5/c39-22-25-16-26(23-40)18-30(17-25)29-10-11-37-35(19-29)32-8-4-5-9-36(32)43(37)38-20-31(24-41)33(28-12-14-42-15-13-28)21-34(38)27-6-2-1-3-7-27/h1-21H. The summed E-state index contributed by atoms with van der Waals surface area (Å²) < 4.78 is 2.22. The fourth-order valence-electron chi connectivity index (χ4n) is 5.82. The summed E-state index contributed by atoms with van der Waals surface area (Å²) >= 11 is 0. The van der Waals surface area contributed by atoms with Gasteiger partial charge in [-0.05, 0) is 82.9 Å². The number of hydrogen-bond acceptors (Lipinski definition) is 4. The summed E-state index contributed by atoms with van der Waals surface area (Å²) in [6, 6.07) is 44.6. The number of fused-ring (bicyclic) bond motifs is 3. The summed E-state index contributed by atoms with van der Waals surface area (Å²) in [6.45, 7) is 0. The fourth-order valence-corrected chi connectivity index (χ4v) is 5.82. The van der Waals surface area contributed by atoms with Crippen LogP contribution in [0.15, 0.2) is 128 Å². The number of nitriles is 3. The lowest BCUT2D eigenvalue weighted by Gasteiger charge is -2.17. The second-order valence-electron chi connectivity index (χ2n) is 10.2. The van der Waals surface area contributed by atoms with E-state index in [0.717, 1.165) is 60.9 Å². The van der Waals surface area contributed by atoms with Gasteiger partial charge in [-0.1, -0.05) is 54.6 Å². The van der Waals surface area contributed by atoms with Gasteiger partial charge < -0.3 is 4.57 Å². The minimum absolute atomic E-state index is 0.447. The molecule has 0 atom stereocenters. The van der Waals surface area contributed by atoms with E-state index in [0.29, 0.717) is 16.7 Å². The second kappa shape index (κ2) is 10.5. The third-order valence-corrected chi connectivity index (χ3v) is 7.77. The summed E-state index contributed by atoms with van der Waals surface area (Å²) in [5.41, 5.74) is 9.90. The lowest BCUT2D eigenvalue weighted by atomic mass is 9.93. The van der Waals surface area contributed by atoms with Gasteiger partial charge in [0, 0.05) is 34.3 Å². The molecule has 2 aromatic heterocycles. The number of pyridine rings is 1. The molecule has 0 radical (unpaired) electrons. The van der Waals surface area contributed by atoms with E-state index in [2.05, 4.69) is 70.2 Å². The minimum atomic E-state index is 0.447. The lowest BCUT2D eigenvalue weighted by molar-refractivity contribution is 1.18. The number of hydrogen-bond donors (Lipinski definition) is 0. The topological polar surface area (TPSA) is 89.2 Å². The molecule has 2 heterocycles. The Morgan fingerprint density at radius 2 is 1.16 bits per heavy atom. The van der Waals surface area contributed by atoms with Gasteiger partial charge in [-0.2, -0.15) is 15.8 Å². The third-order valence-electron chi connectivity index (χ3n) is 7.77. The molecule has 0 saturated carbocycles. The highest BCUT2D eigenvalue weighted by atomic mass is 15.0. The monoisotopic (exact) mass is 547 g/mol. The molecule has 5 heteroatoms.